The summed E-state index contributed by atoms with van der Waals surface area (Å²) in [5.41, 5.74) is 2.37. The highest BCUT2D eigenvalue weighted by Gasteiger charge is 2.37. The lowest BCUT2D eigenvalue weighted by molar-refractivity contribution is -0.125. The monoisotopic (exact) mass is 474 g/mol. The molecule has 33 heavy (non-hydrogen) atoms. The second-order valence-corrected chi connectivity index (χ2v) is 10.3. The number of anilines is 1. The molecule has 1 amide bonds. The molecule has 1 aliphatic heterocycles. The number of carbonyl (C=O) groups is 1. The van der Waals surface area contributed by atoms with E-state index in [1.54, 1.807) is 30.3 Å². The van der Waals surface area contributed by atoms with Gasteiger partial charge in [0.1, 0.15) is 0 Å². The lowest BCUT2D eigenvalue weighted by atomic mass is 9.84. The van der Waals surface area contributed by atoms with Gasteiger partial charge in [-0.3, -0.25) is 4.79 Å². The molecule has 1 N–H and O–H groups in total. The number of nitrogens with zero attached hydrogens (tertiary/aromatic N) is 1. The molecule has 0 radical (unpaired) electrons. The van der Waals surface area contributed by atoms with Gasteiger partial charge in [0.25, 0.3) is 0 Å². The smallest absolute Gasteiger partial charge is 0.240 e. The molecule has 2 aromatic carbocycles. The first-order valence-corrected chi connectivity index (χ1v) is 12.5. The Morgan fingerprint density at radius 2 is 1.73 bits per heavy atom. The summed E-state index contributed by atoms with van der Waals surface area (Å²) in [6, 6.07) is 8.44. The number of benzene rings is 2. The van der Waals surface area contributed by atoms with Gasteiger partial charge in [-0.2, -0.15) is 0 Å². The maximum absolute atomic E-state index is 13.0. The number of amides is 1. The van der Waals surface area contributed by atoms with Crippen LogP contribution in [0.5, 0.6) is 17.2 Å². The van der Waals surface area contributed by atoms with Gasteiger partial charge in [0, 0.05) is 24.2 Å². The number of sulfonamides is 1. The minimum Gasteiger partial charge on any atom is -0.493 e. The maximum atomic E-state index is 13.0. The molecule has 8 nitrogen and oxygen atoms in total. The highest BCUT2D eigenvalue weighted by Crippen LogP contribution is 2.39. The average molecular weight is 475 g/mol. The molecule has 0 saturated heterocycles. The van der Waals surface area contributed by atoms with Gasteiger partial charge in [0.05, 0.1) is 26.2 Å². The molecule has 1 atom stereocenters. The zero-order chi connectivity index (χ0) is 23.8. The number of hydrogen-bond donors (Lipinski definition) is 1. The standard InChI is InChI=1S/C24H30N2O6S/c1-15-10-18-13-19(8-9-20(18)26(15)24(27)17-6-5-7-17)33(28,29)25-14-16-11-21(30-2)23(32-4)22(12-16)31-3/h8-9,11-13,15,17,25H,5-7,10,14H2,1-4H3/t15-/m0/s1. The number of ether oxygens (including phenoxy) is 3. The van der Waals surface area contributed by atoms with Crippen molar-refractivity contribution in [3.8, 4) is 17.2 Å². The molecule has 1 aliphatic carbocycles. The van der Waals surface area contributed by atoms with Crippen LogP contribution in [0.25, 0.3) is 0 Å². The third kappa shape index (κ3) is 4.39. The van der Waals surface area contributed by atoms with Crippen molar-refractivity contribution in [3.63, 3.8) is 0 Å². The maximum Gasteiger partial charge on any atom is 0.240 e. The first kappa shape index (κ1) is 23.4. The zero-order valence-electron chi connectivity index (χ0n) is 19.4. The van der Waals surface area contributed by atoms with Gasteiger partial charge < -0.3 is 19.1 Å². The van der Waals surface area contributed by atoms with Crippen molar-refractivity contribution in [2.45, 2.75) is 50.1 Å². The molecule has 9 heteroatoms. The van der Waals surface area contributed by atoms with Gasteiger partial charge in [-0.15, -0.1) is 0 Å². The number of rotatable bonds is 8. The summed E-state index contributed by atoms with van der Waals surface area (Å²) in [4.78, 5) is 14.9. The van der Waals surface area contributed by atoms with Crippen LogP contribution in [0.1, 0.15) is 37.3 Å². The summed E-state index contributed by atoms with van der Waals surface area (Å²) in [5, 5.41) is 0. The van der Waals surface area contributed by atoms with Crippen LogP contribution in [-0.4, -0.2) is 41.7 Å². The minimum absolute atomic E-state index is 0.0262. The molecule has 0 aromatic heterocycles. The third-order valence-electron chi connectivity index (χ3n) is 6.46. The Hall–Kier alpha value is -2.78. The van der Waals surface area contributed by atoms with Crippen molar-refractivity contribution < 1.29 is 27.4 Å². The molecule has 2 aromatic rings. The molecule has 0 unspecified atom stereocenters. The number of fused-ring (bicyclic) bond motifs is 1. The molecule has 1 saturated carbocycles. The lowest BCUT2D eigenvalue weighted by Gasteiger charge is -2.32. The molecular weight excluding hydrogens is 444 g/mol. The van der Waals surface area contributed by atoms with Crippen LogP contribution in [0.2, 0.25) is 0 Å². The zero-order valence-corrected chi connectivity index (χ0v) is 20.2. The Morgan fingerprint density at radius 1 is 1.06 bits per heavy atom. The van der Waals surface area contributed by atoms with Crippen LogP contribution in [0.15, 0.2) is 35.2 Å². The van der Waals surface area contributed by atoms with Gasteiger partial charge in [-0.1, -0.05) is 6.42 Å². The fourth-order valence-electron chi connectivity index (χ4n) is 4.46. The number of hydrogen-bond acceptors (Lipinski definition) is 6. The van der Waals surface area contributed by atoms with E-state index < -0.39 is 10.0 Å². The molecular formula is C24H30N2O6S. The van der Waals surface area contributed by atoms with Crippen molar-refractivity contribution in [2.75, 3.05) is 26.2 Å². The minimum atomic E-state index is -3.77. The second kappa shape index (κ2) is 9.23. The molecule has 1 heterocycles. The summed E-state index contributed by atoms with van der Waals surface area (Å²) in [6.45, 7) is 2.06. The highest BCUT2D eigenvalue weighted by atomic mass is 32.2. The molecule has 0 spiro atoms. The Balaban J connectivity index is 1.53. The van der Waals surface area contributed by atoms with Crippen molar-refractivity contribution in [1.82, 2.24) is 4.72 Å². The first-order valence-electron chi connectivity index (χ1n) is 11.0. The van der Waals surface area contributed by atoms with Crippen LogP contribution in [0.3, 0.4) is 0 Å². The van der Waals surface area contributed by atoms with Gasteiger partial charge in [-0.25, -0.2) is 13.1 Å². The normalized spacial score (nSPS) is 17.9. The van der Waals surface area contributed by atoms with E-state index in [0.717, 1.165) is 30.5 Å². The SMILES string of the molecule is COc1cc(CNS(=O)(=O)c2ccc3c(c2)C[C@H](C)N3C(=O)C2CCC2)cc(OC)c1OC. The van der Waals surface area contributed by atoms with E-state index in [9.17, 15) is 13.2 Å². The summed E-state index contributed by atoms with van der Waals surface area (Å²) in [6.07, 6.45) is 3.62. The van der Waals surface area contributed by atoms with Crippen LogP contribution >= 0.6 is 0 Å². The number of methoxy groups -OCH3 is 3. The second-order valence-electron chi connectivity index (χ2n) is 8.54. The summed E-state index contributed by atoms with van der Waals surface area (Å²) in [5.74, 6) is 1.61. The molecule has 0 bridgehead atoms. The number of carbonyl (C=O) groups excluding carboxylic acids is 1. The first-order chi connectivity index (χ1) is 15.8. The predicted molar refractivity (Wildman–Crippen MR) is 125 cm³/mol. The topological polar surface area (TPSA) is 94.2 Å². The van der Waals surface area contributed by atoms with Crippen molar-refractivity contribution >= 4 is 21.6 Å². The van der Waals surface area contributed by atoms with E-state index in [1.807, 2.05) is 11.8 Å². The average Bonchev–Trinajstić information content (AvgIpc) is 3.10. The molecule has 4 rings (SSSR count). The van der Waals surface area contributed by atoms with Crippen LogP contribution in [0, 0.1) is 5.92 Å². The van der Waals surface area contributed by atoms with E-state index >= 15 is 0 Å². The summed E-state index contributed by atoms with van der Waals surface area (Å²) < 4.78 is 44.7. The van der Waals surface area contributed by atoms with Gasteiger partial charge >= 0.3 is 0 Å². The fraction of sp³-hybridized carbons (Fsp3) is 0.458. The van der Waals surface area contributed by atoms with Crippen molar-refractivity contribution in [1.29, 1.82) is 0 Å². The Bertz CT molecular complexity index is 1130. The largest absolute Gasteiger partial charge is 0.493 e. The summed E-state index contributed by atoms with van der Waals surface area (Å²) in [7, 11) is 0.765. The van der Waals surface area contributed by atoms with E-state index in [4.69, 9.17) is 14.2 Å². The quantitative estimate of drug-likeness (QED) is 0.631. The van der Waals surface area contributed by atoms with Crippen LogP contribution in [0.4, 0.5) is 5.69 Å². The van der Waals surface area contributed by atoms with Crippen molar-refractivity contribution in [2.24, 2.45) is 5.92 Å². The Labute approximate surface area is 194 Å². The Morgan fingerprint density at radius 3 is 2.27 bits per heavy atom. The predicted octanol–water partition coefficient (Wildman–Crippen LogP) is 3.27. The number of nitrogens with one attached hydrogen (secondary N) is 1. The molecule has 1 fully saturated rings. The van der Waals surface area contributed by atoms with E-state index in [1.165, 1.54) is 21.3 Å². The van der Waals surface area contributed by atoms with Crippen molar-refractivity contribution in [3.05, 3.63) is 41.5 Å². The Kier molecular flexibility index (Phi) is 6.54. The van der Waals surface area contributed by atoms with Gasteiger partial charge in [0.15, 0.2) is 11.5 Å². The van der Waals surface area contributed by atoms with E-state index in [0.29, 0.717) is 29.2 Å². The van der Waals surface area contributed by atoms with Gasteiger partial charge in [0.2, 0.25) is 21.7 Å². The van der Waals surface area contributed by atoms with E-state index in [2.05, 4.69) is 4.72 Å². The third-order valence-corrected chi connectivity index (χ3v) is 7.86. The van der Waals surface area contributed by atoms with Crippen LogP contribution < -0.4 is 23.8 Å². The van der Waals surface area contributed by atoms with E-state index in [-0.39, 0.29) is 29.3 Å². The van der Waals surface area contributed by atoms with Gasteiger partial charge in [-0.05, 0) is 67.6 Å². The lowest BCUT2D eigenvalue weighted by Crippen LogP contribution is -2.42. The van der Waals surface area contributed by atoms with Crippen LogP contribution in [-0.2, 0) is 27.8 Å². The molecule has 2 aliphatic rings. The summed E-state index contributed by atoms with van der Waals surface area (Å²) >= 11 is 0. The highest BCUT2D eigenvalue weighted by molar-refractivity contribution is 7.89. The fourth-order valence-corrected chi connectivity index (χ4v) is 5.53. The molecule has 178 valence electrons.